The first kappa shape index (κ1) is 20.1. The number of carbonyl (C=O) groups is 2. The Bertz CT molecular complexity index is 357. The molecule has 0 aromatic heterocycles. The van der Waals surface area contributed by atoms with E-state index < -0.39 is 11.9 Å². The smallest absolute Gasteiger partial charge is 0.332 e. The normalized spacial score (nSPS) is 18.7. The van der Waals surface area contributed by atoms with E-state index in [9.17, 15) is 19.8 Å². The number of rotatable bonds is 8. The van der Waals surface area contributed by atoms with Crippen LogP contribution in [-0.4, -0.2) is 43.2 Å². The molecule has 4 nitrogen and oxygen atoms in total. The van der Waals surface area contributed by atoms with Gasteiger partial charge in [-0.2, -0.15) is 50.5 Å². The average Bonchev–Trinajstić information content (AvgIpc) is 2.31. The lowest BCUT2D eigenvalue weighted by Crippen LogP contribution is -2.22. The van der Waals surface area contributed by atoms with E-state index in [0.29, 0.717) is 0 Å². The van der Waals surface area contributed by atoms with Gasteiger partial charge in [-0.25, -0.2) is 9.59 Å². The third-order valence-corrected chi connectivity index (χ3v) is 5.27. The van der Waals surface area contributed by atoms with E-state index in [1.54, 1.807) is 13.8 Å². The van der Waals surface area contributed by atoms with E-state index in [1.807, 2.05) is 0 Å². The Balaban J connectivity index is 5.45. The zero-order valence-electron chi connectivity index (χ0n) is 11.2. The maximum absolute atomic E-state index is 11.3. The van der Waals surface area contributed by atoms with Gasteiger partial charge in [0.05, 0.1) is 0 Å². The van der Waals surface area contributed by atoms with Crippen molar-refractivity contribution in [2.75, 3.05) is 0 Å². The van der Waals surface area contributed by atoms with Crippen LogP contribution in [0.15, 0.2) is 11.1 Å². The molecule has 0 fully saturated rings. The predicted molar refractivity (Wildman–Crippen MR) is 94.0 cm³/mol. The Labute approximate surface area is 141 Å². The largest absolute Gasteiger partial charge is 0.478 e. The van der Waals surface area contributed by atoms with Crippen molar-refractivity contribution in [1.29, 1.82) is 0 Å². The lowest BCUT2D eigenvalue weighted by atomic mass is 9.97. The van der Waals surface area contributed by atoms with E-state index in [1.165, 1.54) is 0 Å². The fourth-order valence-electron chi connectivity index (χ4n) is 1.44. The monoisotopic (exact) mass is 356 g/mol. The van der Waals surface area contributed by atoms with Gasteiger partial charge in [-0.15, -0.1) is 0 Å². The molecule has 0 saturated carbocycles. The van der Waals surface area contributed by atoms with Crippen molar-refractivity contribution >= 4 is 62.5 Å². The van der Waals surface area contributed by atoms with Gasteiger partial charge in [0.2, 0.25) is 0 Å². The first-order valence-electron chi connectivity index (χ1n) is 5.98. The highest BCUT2D eigenvalue weighted by Gasteiger charge is 2.26. The molecule has 4 unspecified atom stereocenters. The molecule has 2 N–H and O–H groups in total. The molecule has 0 aliphatic heterocycles. The molecule has 0 aliphatic rings. The molecule has 20 heavy (non-hydrogen) atoms. The third-order valence-electron chi connectivity index (χ3n) is 2.82. The van der Waals surface area contributed by atoms with Crippen molar-refractivity contribution < 1.29 is 19.8 Å². The summed E-state index contributed by atoms with van der Waals surface area (Å²) in [7, 11) is 0. The van der Waals surface area contributed by atoms with Gasteiger partial charge in [-0.3, -0.25) is 0 Å². The summed E-state index contributed by atoms with van der Waals surface area (Å²) in [6.07, 6.45) is 0.0678. The maximum atomic E-state index is 11.3. The Morgan fingerprint density at radius 3 is 1.20 bits per heavy atom. The summed E-state index contributed by atoms with van der Waals surface area (Å²) in [4.78, 5) is 22.7. The van der Waals surface area contributed by atoms with Crippen molar-refractivity contribution in [2.45, 2.75) is 47.7 Å². The van der Waals surface area contributed by atoms with Crippen LogP contribution in [0.5, 0.6) is 0 Å². The molecule has 0 spiro atoms. The second-order valence-electron chi connectivity index (χ2n) is 4.59. The van der Waals surface area contributed by atoms with E-state index >= 15 is 0 Å². The first-order chi connectivity index (χ1) is 9.07. The summed E-state index contributed by atoms with van der Waals surface area (Å²) in [5.74, 6) is -2.49. The van der Waals surface area contributed by atoms with Gasteiger partial charge >= 0.3 is 11.9 Å². The van der Waals surface area contributed by atoms with Crippen LogP contribution < -0.4 is 0 Å². The second kappa shape index (κ2) is 9.17. The number of hydrogen-bond acceptors (Lipinski definition) is 6. The van der Waals surface area contributed by atoms with Crippen LogP contribution in [0.2, 0.25) is 0 Å². The summed E-state index contributed by atoms with van der Waals surface area (Å²) in [6, 6.07) is 0. The standard InChI is InChI=1S/C12H20O4S4/c1-5(17)9(19)3-7(11(13)14)8(12(15)16)4-10(20)6(2)18/h5-6,9-10,17-20H,3-4H2,1-2H3,(H,13,14)(H,15,16). The Hall–Kier alpha value is 0.0800. The topological polar surface area (TPSA) is 74.6 Å². The van der Waals surface area contributed by atoms with Crippen molar-refractivity contribution in [3.63, 3.8) is 0 Å². The zero-order valence-corrected chi connectivity index (χ0v) is 14.8. The lowest BCUT2D eigenvalue weighted by molar-refractivity contribution is -0.136. The minimum absolute atomic E-state index is 0.0339. The van der Waals surface area contributed by atoms with Gasteiger partial charge in [0.1, 0.15) is 0 Å². The SMILES string of the molecule is CC(S)C(S)CC(C(=O)O)=C(CC(S)C(C)S)C(=O)O. The van der Waals surface area contributed by atoms with Crippen molar-refractivity contribution in [1.82, 2.24) is 0 Å². The summed E-state index contributed by atoms with van der Waals surface area (Å²) in [6.45, 7) is 3.55. The molecule has 0 amide bonds. The number of thiol groups is 4. The fraction of sp³-hybridized carbons (Fsp3) is 0.667. The van der Waals surface area contributed by atoms with Crippen molar-refractivity contribution in [3.05, 3.63) is 11.1 Å². The molecule has 0 radical (unpaired) electrons. The van der Waals surface area contributed by atoms with Crippen LogP contribution in [0, 0.1) is 0 Å². The van der Waals surface area contributed by atoms with Gasteiger partial charge in [0.15, 0.2) is 0 Å². The van der Waals surface area contributed by atoms with Crippen LogP contribution >= 0.6 is 50.5 Å². The minimum Gasteiger partial charge on any atom is -0.478 e. The quantitative estimate of drug-likeness (QED) is 0.298. The second-order valence-corrected chi connectivity index (χ2v) is 7.55. The molecule has 0 aromatic rings. The van der Waals surface area contributed by atoms with Gasteiger partial charge in [0.25, 0.3) is 0 Å². The van der Waals surface area contributed by atoms with Crippen LogP contribution in [0.1, 0.15) is 26.7 Å². The molecule has 0 aliphatic carbocycles. The summed E-state index contributed by atoms with van der Waals surface area (Å²) in [5.41, 5.74) is -0.294. The molecule has 116 valence electrons. The summed E-state index contributed by atoms with van der Waals surface area (Å²) >= 11 is 16.9. The number of hydrogen-bond donors (Lipinski definition) is 6. The predicted octanol–water partition coefficient (Wildman–Crippen LogP) is 2.47. The van der Waals surface area contributed by atoms with Crippen LogP contribution in [0.25, 0.3) is 0 Å². The molecular weight excluding hydrogens is 336 g/mol. The average molecular weight is 357 g/mol. The molecular formula is C12H20O4S4. The zero-order chi connectivity index (χ0) is 16.0. The highest BCUT2D eigenvalue weighted by Crippen LogP contribution is 2.25. The van der Waals surface area contributed by atoms with Crippen molar-refractivity contribution in [2.24, 2.45) is 0 Å². The van der Waals surface area contributed by atoms with Crippen LogP contribution in [0.4, 0.5) is 0 Å². The Kier molecular flexibility index (Phi) is 9.21. The van der Waals surface area contributed by atoms with Crippen LogP contribution in [0.3, 0.4) is 0 Å². The summed E-state index contributed by atoms with van der Waals surface area (Å²) < 4.78 is 0. The van der Waals surface area contributed by atoms with E-state index in [4.69, 9.17) is 0 Å². The van der Waals surface area contributed by atoms with Gasteiger partial charge in [-0.1, -0.05) is 13.8 Å². The van der Waals surface area contributed by atoms with Gasteiger partial charge in [-0.05, 0) is 12.8 Å². The minimum atomic E-state index is -1.25. The van der Waals surface area contributed by atoms with Crippen LogP contribution in [-0.2, 0) is 9.59 Å². The van der Waals surface area contributed by atoms with Gasteiger partial charge < -0.3 is 10.2 Å². The first-order valence-corrected chi connectivity index (χ1v) is 8.05. The van der Waals surface area contributed by atoms with E-state index in [2.05, 4.69) is 50.5 Å². The lowest BCUT2D eigenvalue weighted by Gasteiger charge is -2.19. The Morgan fingerprint density at radius 2 is 1.05 bits per heavy atom. The summed E-state index contributed by atoms with van der Waals surface area (Å²) in [5, 5.41) is 17.5. The fourth-order valence-corrected chi connectivity index (χ4v) is 2.01. The molecule has 0 bridgehead atoms. The molecule has 0 heterocycles. The number of carboxylic acid groups (broad SMARTS) is 2. The number of aliphatic carboxylic acids is 2. The highest BCUT2D eigenvalue weighted by molar-refractivity contribution is 7.85. The molecule has 8 heteroatoms. The molecule has 4 atom stereocenters. The van der Waals surface area contributed by atoms with Gasteiger partial charge in [0, 0.05) is 32.1 Å². The number of carboxylic acids is 2. The molecule has 0 saturated heterocycles. The van der Waals surface area contributed by atoms with E-state index in [-0.39, 0.29) is 45.0 Å². The Morgan fingerprint density at radius 1 is 0.800 bits per heavy atom. The molecule has 0 aromatic carbocycles. The van der Waals surface area contributed by atoms with Crippen molar-refractivity contribution in [3.8, 4) is 0 Å². The highest BCUT2D eigenvalue weighted by atomic mass is 32.1. The maximum Gasteiger partial charge on any atom is 0.332 e. The van der Waals surface area contributed by atoms with E-state index in [0.717, 1.165) is 0 Å². The third kappa shape index (κ3) is 6.69. The molecule has 0 rings (SSSR count).